The van der Waals surface area contributed by atoms with E-state index in [0.717, 1.165) is 38.4 Å². The number of carbonyl (C=O) groups excluding carboxylic acids is 1. The molecule has 1 amide bonds. The van der Waals surface area contributed by atoms with E-state index in [1.54, 1.807) is 0 Å². The molecule has 0 radical (unpaired) electrons. The van der Waals surface area contributed by atoms with Gasteiger partial charge in [0.2, 0.25) is 27.6 Å². The molecule has 8 nitrogen and oxygen atoms in total. The highest BCUT2D eigenvalue weighted by Gasteiger charge is 2.24. The lowest BCUT2D eigenvalue weighted by Crippen LogP contribution is -2.40. The summed E-state index contributed by atoms with van der Waals surface area (Å²) in [6.45, 7) is 7.23. The summed E-state index contributed by atoms with van der Waals surface area (Å²) in [4.78, 5) is 16.8. The Morgan fingerprint density at radius 2 is 1.74 bits per heavy atom. The summed E-state index contributed by atoms with van der Waals surface area (Å²) in [7, 11) is -3.67. The number of aromatic nitrogens is 2. The third-order valence-corrected chi connectivity index (χ3v) is 5.87. The molecule has 3 aromatic rings. The fourth-order valence-electron chi connectivity index (χ4n) is 3.52. The third kappa shape index (κ3) is 5.49. The Hall–Kier alpha value is -3.20. The predicted molar refractivity (Wildman–Crippen MR) is 119 cm³/mol. The fourth-order valence-corrected chi connectivity index (χ4v) is 4.49. The zero-order valence-corrected chi connectivity index (χ0v) is 19.1. The minimum absolute atomic E-state index is 0.00110. The molecule has 1 aromatic heterocycles. The summed E-state index contributed by atoms with van der Waals surface area (Å²) in [6, 6.07) is 11.5. The molecule has 9 heteroatoms. The average molecular weight is 443 g/mol. The Morgan fingerprint density at radius 1 is 1.06 bits per heavy atom. The SMILES string of the molecule is Cc1cccc(-c2noc(CNC(=O)CN(c3c(C)cc(C)cc3C)S(C)(=O)=O)n2)c1. The minimum Gasteiger partial charge on any atom is -0.345 e. The number of amides is 1. The number of nitrogens with zero attached hydrogens (tertiary/aromatic N) is 3. The molecule has 0 aliphatic heterocycles. The first-order valence-corrected chi connectivity index (χ1v) is 11.6. The molecule has 0 aliphatic rings. The first-order chi connectivity index (χ1) is 14.5. The molecular weight excluding hydrogens is 416 g/mol. The second-order valence-electron chi connectivity index (χ2n) is 7.67. The number of nitrogens with one attached hydrogen (secondary N) is 1. The van der Waals surface area contributed by atoms with E-state index < -0.39 is 15.9 Å². The molecule has 0 saturated heterocycles. The van der Waals surface area contributed by atoms with E-state index in [9.17, 15) is 13.2 Å². The zero-order valence-electron chi connectivity index (χ0n) is 18.3. The van der Waals surface area contributed by atoms with Crippen molar-refractivity contribution in [2.75, 3.05) is 17.1 Å². The molecule has 0 aliphatic carbocycles. The Labute approximate surface area is 182 Å². The molecule has 0 saturated carbocycles. The first kappa shape index (κ1) is 22.5. The lowest BCUT2D eigenvalue weighted by atomic mass is 10.1. The van der Waals surface area contributed by atoms with Gasteiger partial charge in [-0.3, -0.25) is 9.10 Å². The van der Waals surface area contributed by atoms with Crippen LogP contribution in [0.5, 0.6) is 0 Å². The molecule has 0 unspecified atom stereocenters. The van der Waals surface area contributed by atoms with Crippen LogP contribution in [0.25, 0.3) is 11.4 Å². The van der Waals surface area contributed by atoms with Gasteiger partial charge in [0.1, 0.15) is 6.54 Å². The van der Waals surface area contributed by atoms with Gasteiger partial charge < -0.3 is 9.84 Å². The summed E-state index contributed by atoms with van der Waals surface area (Å²) < 4.78 is 31.2. The van der Waals surface area contributed by atoms with Crippen molar-refractivity contribution in [1.82, 2.24) is 15.5 Å². The van der Waals surface area contributed by atoms with Crippen molar-refractivity contribution in [2.45, 2.75) is 34.2 Å². The van der Waals surface area contributed by atoms with Crippen LogP contribution in [-0.4, -0.2) is 37.3 Å². The van der Waals surface area contributed by atoms with Crippen molar-refractivity contribution in [2.24, 2.45) is 0 Å². The zero-order chi connectivity index (χ0) is 22.8. The quantitative estimate of drug-likeness (QED) is 0.603. The Kier molecular flexibility index (Phi) is 6.45. The van der Waals surface area contributed by atoms with Crippen molar-refractivity contribution < 1.29 is 17.7 Å². The summed E-state index contributed by atoms with van der Waals surface area (Å²) in [5.41, 5.74) is 5.00. The van der Waals surface area contributed by atoms with Gasteiger partial charge in [0, 0.05) is 5.56 Å². The molecule has 0 atom stereocenters. The van der Waals surface area contributed by atoms with E-state index >= 15 is 0 Å². The van der Waals surface area contributed by atoms with E-state index in [4.69, 9.17) is 4.52 Å². The molecule has 1 heterocycles. The molecule has 0 fully saturated rings. The number of benzene rings is 2. The highest BCUT2D eigenvalue weighted by Crippen LogP contribution is 2.28. The number of sulfonamides is 1. The minimum atomic E-state index is -3.67. The molecule has 31 heavy (non-hydrogen) atoms. The number of anilines is 1. The van der Waals surface area contributed by atoms with Gasteiger partial charge in [-0.05, 0) is 44.9 Å². The van der Waals surface area contributed by atoms with Crippen LogP contribution < -0.4 is 9.62 Å². The van der Waals surface area contributed by atoms with E-state index in [1.807, 2.05) is 64.1 Å². The smallest absolute Gasteiger partial charge is 0.246 e. The Balaban J connectivity index is 1.72. The molecule has 0 spiro atoms. The van der Waals surface area contributed by atoms with Crippen LogP contribution in [0.1, 0.15) is 28.1 Å². The summed E-state index contributed by atoms with van der Waals surface area (Å²) >= 11 is 0. The molecule has 3 rings (SSSR count). The maximum atomic E-state index is 12.6. The summed E-state index contributed by atoms with van der Waals surface area (Å²) in [6.07, 6.45) is 1.09. The monoisotopic (exact) mass is 442 g/mol. The van der Waals surface area contributed by atoms with Crippen LogP contribution in [0, 0.1) is 27.7 Å². The number of hydrogen-bond acceptors (Lipinski definition) is 6. The van der Waals surface area contributed by atoms with E-state index in [1.165, 1.54) is 0 Å². The normalized spacial score (nSPS) is 11.4. The highest BCUT2D eigenvalue weighted by atomic mass is 32.2. The number of hydrogen-bond donors (Lipinski definition) is 1. The van der Waals surface area contributed by atoms with Crippen LogP contribution in [0.15, 0.2) is 40.9 Å². The van der Waals surface area contributed by atoms with E-state index in [-0.39, 0.29) is 19.0 Å². The second kappa shape index (κ2) is 8.89. The van der Waals surface area contributed by atoms with Crippen molar-refractivity contribution in [3.05, 3.63) is 64.5 Å². The van der Waals surface area contributed by atoms with Gasteiger partial charge in [-0.15, -0.1) is 0 Å². The summed E-state index contributed by atoms with van der Waals surface area (Å²) in [5, 5.41) is 6.60. The summed E-state index contributed by atoms with van der Waals surface area (Å²) in [5.74, 6) is 0.190. The van der Waals surface area contributed by atoms with Gasteiger partial charge in [0.05, 0.1) is 18.5 Å². The van der Waals surface area contributed by atoms with E-state index in [0.29, 0.717) is 11.5 Å². The maximum Gasteiger partial charge on any atom is 0.246 e. The number of carbonyl (C=O) groups is 1. The van der Waals surface area contributed by atoms with Crippen LogP contribution in [0.4, 0.5) is 5.69 Å². The number of rotatable bonds is 7. The Bertz CT molecular complexity index is 1190. The standard InChI is InChI=1S/C22H26N4O4S/c1-14-7-6-8-18(11-14)22-24-20(30-25-22)12-23-19(27)13-26(31(5,28)29)21-16(3)9-15(2)10-17(21)4/h6-11H,12-13H2,1-5H3,(H,23,27). The van der Waals surface area contributed by atoms with Crippen molar-refractivity contribution in [3.63, 3.8) is 0 Å². The maximum absolute atomic E-state index is 12.6. The van der Waals surface area contributed by atoms with Crippen molar-refractivity contribution in [3.8, 4) is 11.4 Å². The van der Waals surface area contributed by atoms with Crippen molar-refractivity contribution >= 4 is 21.6 Å². The lowest BCUT2D eigenvalue weighted by molar-refractivity contribution is -0.119. The number of aryl methyl sites for hydroxylation is 4. The van der Waals surface area contributed by atoms with Gasteiger partial charge in [-0.1, -0.05) is 46.6 Å². The van der Waals surface area contributed by atoms with Crippen molar-refractivity contribution in [1.29, 1.82) is 0 Å². The molecule has 1 N–H and O–H groups in total. The van der Waals surface area contributed by atoms with Gasteiger partial charge in [-0.2, -0.15) is 4.98 Å². The van der Waals surface area contributed by atoms with E-state index in [2.05, 4.69) is 15.5 Å². The lowest BCUT2D eigenvalue weighted by Gasteiger charge is -2.25. The molecule has 164 valence electrons. The van der Waals surface area contributed by atoms with Gasteiger partial charge >= 0.3 is 0 Å². The fraction of sp³-hybridized carbons (Fsp3) is 0.318. The Morgan fingerprint density at radius 3 is 2.35 bits per heavy atom. The first-order valence-electron chi connectivity index (χ1n) is 9.76. The van der Waals surface area contributed by atoms with Crippen LogP contribution in [0.3, 0.4) is 0 Å². The topological polar surface area (TPSA) is 105 Å². The van der Waals surface area contributed by atoms with Gasteiger partial charge in [0.25, 0.3) is 0 Å². The van der Waals surface area contributed by atoms with Crippen LogP contribution >= 0.6 is 0 Å². The van der Waals surface area contributed by atoms with Crippen LogP contribution in [0.2, 0.25) is 0 Å². The second-order valence-corrected chi connectivity index (χ2v) is 9.58. The molecule has 2 aromatic carbocycles. The largest absolute Gasteiger partial charge is 0.345 e. The molecule has 0 bridgehead atoms. The molecular formula is C22H26N4O4S. The average Bonchev–Trinajstić information content (AvgIpc) is 3.13. The van der Waals surface area contributed by atoms with Gasteiger partial charge in [-0.25, -0.2) is 8.42 Å². The van der Waals surface area contributed by atoms with Gasteiger partial charge in [0.15, 0.2) is 0 Å². The predicted octanol–water partition coefficient (Wildman–Crippen LogP) is 3.05. The highest BCUT2D eigenvalue weighted by molar-refractivity contribution is 7.92. The third-order valence-electron chi connectivity index (χ3n) is 4.75. The van der Waals surface area contributed by atoms with Crippen LogP contribution in [-0.2, 0) is 21.4 Å².